The Morgan fingerprint density at radius 1 is 1.53 bits per heavy atom. The molecule has 1 aromatic heterocycles. The number of carbonyl (C=O) groups excluding carboxylic acids is 1. The molecule has 0 aliphatic carbocycles. The van der Waals surface area contributed by atoms with Gasteiger partial charge < -0.3 is 9.47 Å². The molecule has 0 amide bonds. The molecule has 5 nitrogen and oxygen atoms in total. The Kier molecular flexibility index (Phi) is 4.74. The number of hydrogen-bond acceptors (Lipinski definition) is 4. The Morgan fingerprint density at radius 2 is 2.27 bits per heavy atom. The summed E-state index contributed by atoms with van der Waals surface area (Å²) in [7, 11) is 3.05. The third-order valence-electron chi connectivity index (χ3n) is 1.84. The maximum absolute atomic E-state index is 11.6. The van der Waals surface area contributed by atoms with Crippen molar-refractivity contribution in [2.75, 3.05) is 27.4 Å². The molecule has 0 radical (unpaired) electrons. The van der Waals surface area contributed by atoms with Gasteiger partial charge in [-0.05, 0) is 0 Å². The number of methoxy groups -OCH3 is 2. The van der Waals surface area contributed by atoms with Gasteiger partial charge in [0.15, 0.2) is 0 Å². The van der Waals surface area contributed by atoms with Crippen LogP contribution in [0.3, 0.4) is 0 Å². The molecule has 0 atom stereocenters. The van der Waals surface area contributed by atoms with Gasteiger partial charge in [0.25, 0.3) is 0 Å². The van der Waals surface area contributed by atoms with E-state index in [-0.39, 0.29) is 12.4 Å². The standard InChI is InChI=1S/C9H13ClN2O3/c1-14-4-3-12-9(7(10)5-11-12)8(13)6-15-2/h5H,3-4,6H2,1-2H3. The van der Waals surface area contributed by atoms with Gasteiger partial charge in [-0.2, -0.15) is 5.10 Å². The number of hydrogen-bond donors (Lipinski definition) is 0. The van der Waals surface area contributed by atoms with E-state index in [1.165, 1.54) is 18.0 Å². The highest BCUT2D eigenvalue weighted by molar-refractivity contribution is 6.33. The zero-order chi connectivity index (χ0) is 11.3. The largest absolute Gasteiger partial charge is 0.383 e. The number of carbonyl (C=O) groups is 1. The molecular formula is C9H13ClN2O3. The summed E-state index contributed by atoms with van der Waals surface area (Å²) in [5, 5.41) is 4.33. The lowest BCUT2D eigenvalue weighted by atomic mass is 10.3. The molecule has 1 aromatic rings. The minimum atomic E-state index is -0.184. The van der Waals surface area contributed by atoms with E-state index in [0.717, 1.165) is 0 Å². The molecule has 0 aliphatic heterocycles. The molecule has 0 aliphatic rings. The van der Waals surface area contributed by atoms with Crippen LogP contribution in [-0.4, -0.2) is 43.0 Å². The minimum absolute atomic E-state index is 0.00159. The average Bonchev–Trinajstić information content (AvgIpc) is 2.57. The van der Waals surface area contributed by atoms with Gasteiger partial charge in [-0.3, -0.25) is 9.48 Å². The highest BCUT2D eigenvalue weighted by atomic mass is 35.5. The molecule has 15 heavy (non-hydrogen) atoms. The van der Waals surface area contributed by atoms with Crippen LogP contribution in [0.5, 0.6) is 0 Å². The Morgan fingerprint density at radius 3 is 2.87 bits per heavy atom. The number of nitrogens with zero attached hydrogens (tertiary/aromatic N) is 2. The number of Topliss-reactive ketones (excluding diaryl/α,β-unsaturated/α-hetero) is 1. The zero-order valence-corrected chi connectivity index (χ0v) is 9.45. The van der Waals surface area contributed by atoms with Crippen molar-refractivity contribution in [1.82, 2.24) is 9.78 Å². The second-order valence-corrected chi connectivity index (χ2v) is 3.32. The fraction of sp³-hybridized carbons (Fsp3) is 0.556. The molecule has 0 aromatic carbocycles. The number of halogens is 1. The van der Waals surface area contributed by atoms with E-state index >= 15 is 0 Å². The molecule has 0 N–H and O–H groups in total. The van der Waals surface area contributed by atoms with Crippen LogP contribution in [0.25, 0.3) is 0 Å². The third-order valence-corrected chi connectivity index (χ3v) is 2.12. The lowest BCUT2D eigenvalue weighted by Crippen LogP contribution is -2.17. The van der Waals surface area contributed by atoms with Gasteiger partial charge in [-0.25, -0.2) is 0 Å². The number of rotatable bonds is 6. The highest BCUT2D eigenvalue weighted by Crippen LogP contribution is 2.15. The van der Waals surface area contributed by atoms with E-state index in [0.29, 0.717) is 23.9 Å². The molecule has 0 saturated heterocycles. The number of ketones is 1. The zero-order valence-electron chi connectivity index (χ0n) is 8.70. The third kappa shape index (κ3) is 3.02. The fourth-order valence-corrected chi connectivity index (χ4v) is 1.43. The second-order valence-electron chi connectivity index (χ2n) is 2.91. The molecule has 84 valence electrons. The molecule has 0 saturated carbocycles. The van der Waals surface area contributed by atoms with Gasteiger partial charge in [0.05, 0.1) is 24.4 Å². The monoisotopic (exact) mass is 232 g/mol. The van der Waals surface area contributed by atoms with Crippen molar-refractivity contribution in [3.05, 3.63) is 16.9 Å². The summed E-state index contributed by atoms with van der Waals surface area (Å²) in [6.07, 6.45) is 1.44. The Labute approximate surface area is 92.9 Å². The van der Waals surface area contributed by atoms with Crippen LogP contribution in [0.15, 0.2) is 6.20 Å². The molecule has 6 heteroatoms. The first kappa shape index (κ1) is 12.2. The van der Waals surface area contributed by atoms with E-state index in [9.17, 15) is 4.79 Å². The number of ether oxygens (including phenoxy) is 2. The van der Waals surface area contributed by atoms with Crippen LogP contribution in [0, 0.1) is 0 Å². The van der Waals surface area contributed by atoms with Crippen LogP contribution in [-0.2, 0) is 16.0 Å². The molecular weight excluding hydrogens is 220 g/mol. The Balaban J connectivity index is 2.83. The normalized spacial score (nSPS) is 10.6. The van der Waals surface area contributed by atoms with Crippen LogP contribution < -0.4 is 0 Å². The lowest BCUT2D eigenvalue weighted by Gasteiger charge is -2.05. The Bertz CT molecular complexity index is 338. The average molecular weight is 233 g/mol. The van der Waals surface area contributed by atoms with E-state index in [1.54, 1.807) is 7.11 Å². The quantitative estimate of drug-likeness (QED) is 0.687. The van der Waals surface area contributed by atoms with Crippen LogP contribution in [0.2, 0.25) is 5.02 Å². The molecule has 0 spiro atoms. The van der Waals surface area contributed by atoms with E-state index in [1.807, 2.05) is 0 Å². The maximum atomic E-state index is 11.6. The maximum Gasteiger partial charge on any atom is 0.207 e. The van der Waals surface area contributed by atoms with Crippen molar-refractivity contribution in [3.63, 3.8) is 0 Å². The van der Waals surface area contributed by atoms with Gasteiger partial charge in [-0.1, -0.05) is 11.6 Å². The fourth-order valence-electron chi connectivity index (χ4n) is 1.19. The summed E-state index contributed by atoms with van der Waals surface area (Å²) in [6.45, 7) is 0.970. The molecule has 1 rings (SSSR count). The summed E-state index contributed by atoms with van der Waals surface area (Å²) in [5.74, 6) is -0.184. The molecule has 0 bridgehead atoms. The summed E-state index contributed by atoms with van der Waals surface area (Å²) in [6, 6.07) is 0. The van der Waals surface area contributed by atoms with Crippen LogP contribution in [0.4, 0.5) is 0 Å². The Hall–Kier alpha value is -0.910. The van der Waals surface area contributed by atoms with E-state index < -0.39 is 0 Å². The van der Waals surface area contributed by atoms with Gasteiger partial charge in [0.1, 0.15) is 12.3 Å². The van der Waals surface area contributed by atoms with Crippen molar-refractivity contribution in [2.45, 2.75) is 6.54 Å². The first-order valence-corrected chi connectivity index (χ1v) is 4.81. The van der Waals surface area contributed by atoms with E-state index in [4.69, 9.17) is 21.1 Å². The van der Waals surface area contributed by atoms with Gasteiger partial charge >= 0.3 is 0 Å². The summed E-state index contributed by atoms with van der Waals surface area (Å²) < 4.78 is 11.2. The van der Waals surface area contributed by atoms with Crippen molar-refractivity contribution in [3.8, 4) is 0 Å². The van der Waals surface area contributed by atoms with Gasteiger partial charge in [0, 0.05) is 14.2 Å². The summed E-state index contributed by atoms with van der Waals surface area (Å²) in [4.78, 5) is 11.6. The first-order valence-electron chi connectivity index (χ1n) is 4.43. The predicted octanol–water partition coefficient (Wildman–Crippen LogP) is 1.01. The smallest absolute Gasteiger partial charge is 0.207 e. The van der Waals surface area contributed by atoms with Crippen molar-refractivity contribution in [2.24, 2.45) is 0 Å². The SMILES string of the molecule is COCCn1ncc(Cl)c1C(=O)COC. The lowest BCUT2D eigenvalue weighted by molar-refractivity contribution is 0.0834. The molecule has 0 fully saturated rings. The first-order chi connectivity index (χ1) is 7.20. The second kappa shape index (κ2) is 5.85. The molecule has 0 unspecified atom stereocenters. The predicted molar refractivity (Wildman–Crippen MR) is 55.3 cm³/mol. The van der Waals surface area contributed by atoms with Crippen LogP contribution in [0.1, 0.15) is 10.5 Å². The van der Waals surface area contributed by atoms with Gasteiger partial charge in [0.2, 0.25) is 5.78 Å². The highest BCUT2D eigenvalue weighted by Gasteiger charge is 2.16. The summed E-state index contributed by atoms with van der Waals surface area (Å²) >= 11 is 5.85. The minimum Gasteiger partial charge on any atom is -0.383 e. The molecule has 1 heterocycles. The van der Waals surface area contributed by atoms with E-state index in [2.05, 4.69) is 5.10 Å². The van der Waals surface area contributed by atoms with Crippen molar-refractivity contribution in [1.29, 1.82) is 0 Å². The van der Waals surface area contributed by atoms with Crippen molar-refractivity contribution < 1.29 is 14.3 Å². The van der Waals surface area contributed by atoms with Crippen LogP contribution >= 0.6 is 11.6 Å². The topological polar surface area (TPSA) is 53.4 Å². The number of aromatic nitrogens is 2. The van der Waals surface area contributed by atoms with Crippen molar-refractivity contribution >= 4 is 17.4 Å². The van der Waals surface area contributed by atoms with Gasteiger partial charge in [-0.15, -0.1) is 0 Å². The summed E-state index contributed by atoms with van der Waals surface area (Å²) in [5.41, 5.74) is 0.371.